The molecule has 0 aliphatic carbocycles. The first-order chi connectivity index (χ1) is 8.06. The summed E-state index contributed by atoms with van der Waals surface area (Å²) in [5.74, 6) is -0.326. The number of aliphatic hydroxyl groups excluding tert-OH is 1. The largest absolute Gasteiger partial charge is 0.457 e. The van der Waals surface area contributed by atoms with E-state index in [1.807, 2.05) is 0 Å². The predicted octanol–water partition coefficient (Wildman–Crippen LogP) is 4.22. The van der Waals surface area contributed by atoms with Crippen LogP contribution in [0.25, 0.3) is 0 Å². The van der Waals surface area contributed by atoms with Crippen LogP contribution in [0.15, 0.2) is 44.1 Å². The summed E-state index contributed by atoms with van der Waals surface area (Å²) in [7, 11) is 0. The van der Waals surface area contributed by atoms with Gasteiger partial charge in [-0.1, -0.05) is 15.9 Å². The van der Waals surface area contributed by atoms with Gasteiger partial charge < -0.3 is 9.52 Å². The summed E-state index contributed by atoms with van der Waals surface area (Å²) in [4.78, 5) is 0. The number of benzene rings is 1. The van der Waals surface area contributed by atoms with Crippen LogP contribution in [0.4, 0.5) is 4.39 Å². The van der Waals surface area contributed by atoms with Gasteiger partial charge in [0.25, 0.3) is 0 Å². The lowest BCUT2D eigenvalue weighted by atomic mass is 10.0. The molecular formula is C12H9Br2FO2. The molecule has 0 bridgehead atoms. The molecule has 1 aromatic heterocycles. The van der Waals surface area contributed by atoms with E-state index < -0.39 is 6.10 Å². The van der Waals surface area contributed by atoms with E-state index in [2.05, 4.69) is 31.9 Å². The van der Waals surface area contributed by atoms with Gasteiger partial charge >= 0.3 is 0 Å². The fourth-order valence-electron chi connectivity index (χ4n) is 1.60. The lowest BCUT2D eigenvalue weighted by Gasteiger charge is -2.09. The van der Waals surface area contributed by atoms with Gasteiger partial charge in [0.05, 0.1) is 12.4 Å². The third-order valence-corrected chi connectivity index (χ3v) is 3.46. The van der Waals surface area contributed by atoms with Crippen LogP contribution in [-0.2, 0) is 6.42 Å². The second kappa shape index (κ2) is 5.33. The molecule has 0 saturated heterocycles. The summed E-state index contributed by atoms with van der Waals surface area (Å²) in [6, 6.07) is 6.25. The maximum absolute atomic E-state index is 13.2. The molecule has 1 N–H and O–H groups in total. The average molecular weight is 364 g/mol. The molecule has 1 unspecified atom stereocenters. The van der Waals surface area contributed by atoms with E-state index in [9.17, 15) is 9.50 Å². The summed E-state index contributed by atoms with van der Waals surface area (Å²) in [5, 5.41) is 10.00. The average Bonchev–Trinajstić information content (AvgIpc) is 2.62. The van der Waals surface area contributed by atoms with Crippen LogP contribution in [0.2, 0.25) is 0 Å². The van der Waals surface area contributed by atoms with Gasteiger partial charge in [0, 0.05) is 16.5 Å². The van der Waals surface area contributed by atoms with Crippen LogP contribution in [0.3, 0.4) is 0 Å². The van der Waals surface area contributed by atoms with Crippen molar-refractivity contribution in [3.63, 3.8) is 0 Å². The molecule has 2 nitrogen and oxygen atoms in total. The van der Waals surface area contributed by atoms with Crippen molar-refractivity contribution in [2.75, 3.05) is 0 Å². The Bertz CT molecular complexity index is 505. The van der Waals surface area contributed by atoms with Gasteiger partial charge in [-0.3, -0.25) is 0 Å². The molecule has 90 valence electrons. The van der Waals surface area contributed by atoms with Crippen LogP contribution in [-0.4, -0.2) is 5.11 Å². The maximum atomic E-state index is 13.2. The van der Waals surface area contributed by atoms with Crippen LogP contribution < -0.4 is 0 Å². The van der Waals surface area contributed by atoms with Crippen molar-refractivity contribution in [3.05, 3.63) is 56.6 Å². The van der Waals surface area contributed by atoms with Crippen molar-refractivity contribution in [2.24, 2.45) is 0 Å². The third kappa shape index (κ3) is 3.18. The highest BCUT2D eigenvalue weighted by molar-refractivity contribution is 9.10. The number of hydrogen-bond acceptors (Lipinski definition) is 2. The fraction of sp³-hybridized carbons (Fsp3) is 0.167. The Morgan fingerprint density at radius 2 is 2.06 bits per heavy atom. The van der Waals surface area contributed by atoms with E-state index in [-0.39, 0.29) is 5.82 Å². The monoisotopic (exact) mass is 362 g/mol. The highest BCUT2D eigenvalue weighted by atomic mass is 79.9. The second-order valence-electron chi connectivity index (χ2n) is 3.65. The molecule has 0 amide bonds. The Morgan fingerprint density at radius 1 is 1.29 bits per heavy atom. The normalized spacial score (nSPS) is 12.7. The molecule has 0 aliphatic heterocycles. The van der Waals surface area contributed by atoms with Crippen molar-refractivity contribution in [1.82, 2.24) is 0 Å². The fourth-order valence-corrected chi connectivity index (χ4v) is 2.62. The molecular weight excluding hydrogens is 355 g/mol. The van der Waals surface area contributed by atoms with Gasteiger partial charge in [-0.25, -0.2) is 4.39 Å². The minimum absolute atomic E-state index is 0.326. The van der Waals surface area contributed by atoms with Gasteiger partial charge in [0.15, 0.2) is 4.67 Å². The van der Waals surface area contributed by atoms with Crippen molar-refractivity contribution in [2.45, 2.75) is 12.5 Å². The summed E-state index contributed by atoms with van der Waals surface area (Å²) < 4.78 is 19.4. The minimum atomic E-state index is -0.725. The number of halogens is 3. The highest BCUT2D eigenvalue weighted by Gasteiger charge is 2.15. The van der Waals surface area contributed by atoms with Crippen LogP contribution in [0, 0.1) is 5.82 Å². The zero-order valence-corrected chi connectivity index (χ0v) is 11.8. The minimum Gasteiger partial charge on any atom is -0.457 e. The molecule has 0 spiro atoms. The van der Waals surface area contributed by atoms with E-state index in [0.717, 1.165) is 5.56 Å². The van der Waals surface area contributed by atoms with E-state index in [0.29, 0.717) is 21.1 Å². The van der Waals surface area contributed by atoms with E-state index in [1.54, 1.807) is 12.1 Å². The molecule has 1 atom stereocenters. The predicted molar refractivity (Wildman–Crippen MR) is 69.2 cm³/mol. The van der Waals surface area contributed by atoms with Crippen LogP contribution in [0.1, 0.15) is 17.2 Å². The Hall–Kier alpha value is -0.650. The maximum Gasteiger partial charge on any atom is 0.174 e. The molecule has 5 heteroatoms. The van der Waals surface area contributed by atoms with Crippen LogP contribution in [0.5, 0.6) is 0 Å². The van der Waals surface area contributed by atoms with Crippen LogP contribution >= 0.6 is 31.9 Å². The zero-order chi connectivity index (χ0) is 12.4. The van der Waals surface area contributed by atoms with Gasteiger partial charge in [-0.2, -0.15) is 0 Å². The van der Waals surface area contributed by atoms with E-state index in [4.69, 9.17) is 4.42 Å². The number of rotatable bonds is 3. The molecule has 1 aromatic carbocycles. The number of aliphatic hydroxyl groups is 1. The first kappa shape index (κ1) is 12.8. The Balaban J connectivity index is 2.18. The third-order valence-electron chi connectivity index (χ3n) is 2.36. The first-order valence-corrected chi connectivity index (χ1v) is 6.51. The topological polar surface area (TPSA) is 33.4 Å². The number of hydrogen-bond donors (Lipinski definition) is 1. The van der Waals surface area contributed by atoms with Crippen molar-refractivity contribution in [1.29, 1.82) is 0 Å². The SMILES string of the molecule is OC(Cc1cc(F)cc(Br)c1)c1ccoc1Br. The highest BCUT2D eigenvalue weighted by Crippen LogP contribution is 2.27. The summed E-state index contributed by atoms with van der Waals surface area (Å²) >= 11 is 6.42. The van der Waals surface area contributed by atoms with Gasteiger partial charge in [0.2, 0.25) is 0 Å². The van der Waals surface area contributed by atoms with E-state index in [1.165, 1.54) is 18.4 Å². The first-order valence-electron chi connectivity index (χ1n) is 4.92. The van der Waals surface area contributed by atoms with Gasteiger partial charge in [0.1, 0.15) is 5.82 Å². The summed E-state index contributed by atoms with van der Waals surface area (Å²) in [6.45, 7) is 0. The Kier molecular flexibility index (Phi) is 4.01. The van der Waals surface area contributed by atoms with E-state index >= 15 is 0 Å². The smallest absolute Gasteiger partial charge is 0.174 e. The standard InChI is InChI=1S/C12H9Br2FO2/c13-8-3-7(4-9(15)6-8)5-11(16)10-1-2-17-12(10)14/h1-4,6,11,16H,5H2. The molecule has 17 heavy (non-hydrogen) atoms. The molecule has 0 saturated carbocycles. The van der Waals surface area contributed by atoms with Crippen molar-refractivity contribution in [3.8, 4) is 0 Å². The Labute approximate surface area is 115 Å². The molecule has 2 aromatic rings. The molecule has 0 radical (unpaired) electrons. The second-order valence-corrected chi connectivity index (χ2v) is 5.28. The quantitative estimate of drug-likeness (QED) is 0.885. The van der Waals surface area contributed by atoms with Gasteiger partial charge in [-0.15, -0.1) is 0 Å². The molecule has 0 fully saturated rings. The molecule has 1 heterocycles. The Morgan fingerprint density at radius 3 is 2.65 bits per heavy atom. The zero-order valence-electron chi connectivity index (χ0n) is 8.66. The lowest BCUT2D eigenvalue weighted by molar-refractivity contribution is 0.176. The van der Waals surface area contributed by atoms with Crippen molar-refractivity contribution < 1.29 is 13.9 Å². The summed E-state index contributed by atoms with van der Waals surface area (Å²) in [5.41, 5.74) is 1.38. The molecule has 0 aliphatic rings. The molecule has 2 rings (SSSR count). The van der Waals surface area contributed by atoms with Crippen molar-refractivity contribution >= 4 is 31.9 Å². The number of furan rings is 1. The summed E-state index contributed by atoms with van der Waals surface area (Å²) in [6.07, 6.45) is 1.09. The lowest BCUT2D eigenvalue weighted by Crippen LogP contribution is -2.01. The van der Waals surface area contributed by atoms with Gasteiger partial charge in [-0.05, 0) is 45.8 Å².